The van der Waals surface area contributed by atoms with Gasteiger partial charge in [-0.1, -0.05) is 11.3 Å². The molecule has 1 aliphatic heterocycles. The first-order valence-corrected chi connectivity index (χ1v) is 7.87. The van der Waals surface area contributed by atoms with Gasteiger partial charge in [-0.25, -0.2) is 4.68 Å². The minimum Gasteiger partial charge on any atom is -0.334 e. The number of nitrogens with one attached hydrogen (secondary N) is 1. The van der Waals surface area contributed by atoms with Crippen LogP contribution in [-0.2, 0) is 24.1 Å². The van der Waals surface area contributed by atoms with Crippen LogP contribution in [0.15, 0.2) is 24.4 Å². The highest BCUT2D eigenvalue weighted by molar-refractivity contribution is 5.78. The van der Waals surface area contributed by atoms with Crippen LogP contribution in [0.4, 0.5) is 13.2 Å². The van der Waals surface area contributed by atoms with E-state index in [1.165, 1.54) is 6.07 Å². The van der Waals surface area contributed by atoms with E-state index in [2.05, 4.69) is 15.6 Å². The van der Waals surface area contributed by atoms with Gasteiger partial charge in [0.05, 0.1) is 31.4 Å². The summed E-state index contributed by atoms with van der Waals surface area (Å²) >= 11 is 0. The molecule has 1 fully saturated rings. The number of hydrogen-bond donors (Lipinski definition) is 1. The Labute approximate surface area is 142 Å². The summed E-state index contributed by atoms with van der Waals surface area (Å²) in [6.45, 7) is 4.02. The van der Waals surface area contributed by atoms with Gasteiger partial charge < -0.3 is 10.2 Å². The van der Waals surface area contributed by atoms with Crippen molar-refractivity contribution in [1.82, 2.24) is 25.2 Å². The molecule has 1 aliphatic rings. The summed E-state index contributed by atoms with van der Waals surface area (Å²) in [4.78, 5) is 13.5. The lowest BCUT2D eigenvalue weighted by Crippen LogP contribution is -2.47. The molecule has 2 aromatic rings. The van der Waals surface area contributed by atoms with Gasteiger partial charge in [0.1, 0.15) is 5.69 Å². The molecule has 9 heteroatoms. The maximum absolute atomic E-state index is 12.7. The van der Waals surface area contributed by atoms with Crippen LogP contribution in [0.25, 0.3) is 0 Å². The number of benzene rings is 1. The summed E-state index contributed by atoms with van der Waals surface area (Å²) in [6, 6.07) is 3.66. The van der Waals surface area contributed by atoms with Crippen molar-refractivity contribution in [1.29, 1.82) is 0 Å². The first-order valence-electron chi connectivity index (χ1n) is 7.87. The highest BCUT2D eigenvalue weighted by Gasteiger charge is 2.30. The second-order valence-electron chi connectivity index (χ2n) is 6.04. The molecule has 25 heavy (non-hydrogen) atoms. The number of amides is 1. The number of aromatic nitrogens is 3. The first kappa shape index (κ1) is 17.4. The van der Waals surface area contributed by atoms with Crippen LogP contribution in [0.5, 0.6) is 0 Å². The zero-order valence-corrected chi connectivity index (χ0v) is 13.7. The molecule has 0 unspecified atom stereocenters. The fourth-order valence-corrected chi connectivity index (χ4v) is 2.72. The van der Waals surface area contributed by atoms with E-state index in [0.717, 1.165) is 24.2 Å². The molecule has 0 atom stereocenters. The molecule has 1 aromatic carbocycles. The monoisotopic (exact) mass is 353 g/mol. The molecule has 3 rings (SSSR count). The van der Waals surface area contributed by atoms with Crippen molar-refractivity contribution in [3.63, 3.8) is 0 Å². The average molecular weight is 353 g/mol. The molecular weight excluding hydrogens is 335 g/mol. The van der Waals surface area contributed by atoms with Crippen molar-refractivity contribution in [2.45, 2.75) is 26.2 Å². The summed E-state index contributed by atoms with van der Waals surface area (Å²) < 4.78 is 39.7. The van der Waals surface area contributed by atoms with E-state index >= 15 is 0 Å². The molecule has 2 heterocycles. The number of halogens is 3. The molecule has 1 amide bonds. The highest BCUT2D eigenvalue weighted by atomic mass is 19.4. The minimum absolute atomic E-state index is 0.0133. The summed E-state index contributed by atoms with van der Waals surface area (Å²) in [7, 11) is 0. The number of piperazine rings is 1. The molecule has 0 aliphatic carbocycles. The van der Waals surface area contributed by atoms with Crippen molar-refractivity contribution in [3.8, 4) is 0 Å². The number of hydrogen-bond acceptors (Lipinski definition) is 4. The third-order valence-corrected chi connectivity index (χ3v) is 4.13. The van der Waals surface area contributed by atoms with Crippen LogP contribution in [0.1, 0.15) is 22.4 Å². The number of carbonyl (C=O) groups is 1. The predicted molar refractivity (Wildman–Crippen MR) is 83.6 cm³/mol. The van der Waals surface area contributed by atoms with E-state index in [4.69, 9.17) is 0 Å². The van der Waals surface area contributed by atoms with E-state index < -0.39 is 11.7 Å². The topological polar surface area (TPSA) is 63.0 Å². The standard InChI is InChI=1S/C16H18F3N5O/c1-11-6-13(16(17,18)19)3-2-12(11)8-24-10-14(21-22-24)9-23-5-4-20-7-15(23)25/h2-3,6,10,20H,4-5,7-9H2,1H3. The van der Waals surface area contributed by atoms with Crippen LogP contribution >= 0.6 is 0 Å². The fourth-order valence-electron chi connectivity index (χ4n) is 2.72. The molecule has 1 aromatic heterocycles. The zero-order chi connectivity index (χ0) is 18.0. The number of aryl methyl sites for hydroxylation is 1. The Morgan fingerprint density at radius 1 is 1.28 bits per heavy atom. The number of nitrogens with zero attached hydrogens (tertiary/aromatic N) is 4. The van der Waals surface area contributed by atoms with Gasteiger partial charge in [0.25, 0.3) is 0 Å². The summed E-state index contributed by atoms with van der Waals surface area (Å²) in [6.07, 6.45) is -2.63. The minimum atomic E-state index is -4.35. The fraction of sp³-hybridized carbons (Fsp3) is 0.438. The summed E-state index contributed by atoms with van der Waals surface area (Å²) in [5, 5.41) is 11.0. The van der Waals surface area contributed by atoms with Gasteiger partial charge in [0.2, 0.25) is 5.91 Å². The Bertz CT molecular complexity index is 771. The Morgan fingerprint density at radius 3 is 2.76 bits per heavy atom. The molecule has 0 radical (unpaired) electrons. The van der Waals surface area contributed by atoms with Gasteiger partial charge in [-0.15, -0.1) is 5.10 Å². The maximum atomic E-state index is 12.7. The normalized spacial score (nSPS) is 15.7. The molecule has 1 saturated heterocycles. The molecule has 134 valence electrons. The number of carbonyl (C=O) groups excluding carboxylic acids is 1. The van der Waals surface area contributed by atoms with Crippen molar-refractivity contribution >= 4 is 5.91 Å². The smallest absolute Gasteiger partial charge is 0.334 e. The van der Waals surface area contributed by atoms with E-state index in [1.54, 1.807) is 22.7 Å². The third kappa shape index (κ3) is 4.16. The molecule has 0 bridgehead atoms. The molecule has 6 nitrogen and oxygen atoms in total. The molecule has 1 N–H and O–H groups in total. The Kier molecular flexibility index (Phi) is 4.76. The highest BCUT2D eigenvalue weighted by Crippen LogP contribution is 2.30. The Hall–Kier alpha value is -2.42. The molecular formula is C16H18F3N5O. The lowest BCUT2D eigenvalue weighted by atomic mass is 10.0. The number of rotatable bonds is 4. The van der Waals surface area contributed by atoms with Gasteiger partial charge in [0, 0.05) is 13.1 Å². The van der Waals surface area contributed by atoms with Gasteiger partial charge in [-0.3, -0.25) is 4.79 Å². The van der Waals surface area contributed by atoms with E-state index in [1.807, 2.05) is 0 Å². The predicted octanol–water partition coefficient (Wildman–Crippen LogP) is 1.59. The van der Waals surface area contributed by atoms with Crippen LogP contribution in [0.3, 0.4) is 0 Å². The summed E-state index contributed by atoms with van der Waals surface area (Å²) in [5.41, 5.74) is 1.27. The quantitative estimate of drug-likeness (QED) is 0.907. The largest absolute Gasteiger partial charge is 0.416 e. The lowest BCUT2D eigenvalue weighted by molar-refractivity contribution is -0.137. The van der Waals surface area contributed by atoms with Gasteiger partial charge in [-0.05, 0) is 30.2 Å². The van der Waals surface area contributed by atoms with E-state index in [9.17, 15) is 18.0 Å². The van der Waals surface area contributed by atoms with Crippen LogP contribution < -0.4 is 5.32 Å². The Balaban J connectivity index is 1.68. The van der Waals surface area contributed by atoms with Crippen molar-refractivity contribution in [2.75, 3.05) is 19.6 Å². The molecule has 0 saturated carbocycles. The summed E-state index contributed by atoms with van der Waals surface area (Å²) in [5.74, 6) is 0.0133. The van der Waals surface area contributed by atoms with E-state index in [0.29, 0.717) is 37.4 Å². The van der Waals surface area contributed by atoms with Crippen LogP contribution in [0, 0.1) is 6.92 Å². The van der Waals surface area contributed by atoms with Crippen LogP contribution in [0.2, 0.25) is 0 Å². The third-order valence-electron chi connectivity index (χ3n) is 4.13. The first-order chi connectivity index (χ1) is 11.8. The second-order valence-corrected chi connectivity index (χ2v) is 6.04. The van der Waals surface area contributed by atoms with Crippen molar-refractivity contribution < 1.29 is 18.0 Å². The SMILES string of the molecule is Cc1cc(C(F)(F)F)ccc1Cn1cc(CN2CCNCC2=O)nn1. The van der Waals surface area contributed by atoms with E-state index in [-0.39, 0.29) is 5.91 Å². The van der Waals surface area contributed by atoms with Gasteiger partial charge in [0.15, 0.2) is 0 Å². The van der Waals surface area contributed by atoms with Gasteiger partial charge in [-0.2, -0.15) is 13.2 Å². The van der Waals surface area contributed by atoms with Gasteiger partial charge >= 0.3 is 6.18 Å². The Morgan fingerprint density at radius 2 is 2.08 bits per heavy atom. The number of alkyl halides is 3. The van der Waals surface area contributed by atoms with Crippen LogP contribution in [-0.4, -0.2) is 45.4 Å². The van der Waals surface area contributed by atoms with Crippen molar-refractivity contribution in [3.05, 3.63) is 46.8 Å². The lowest BCUT2D eigenvalue weighted by Gasteiger charge is -2.26. The zero-order valence-electron chi connectivity index (χ0n) is 13.7. The average Bonchev–Trinajstić information content (AvgIpc) is 2.98. The molecule has 0 spiro atoms. The van der Waals surface area contributed by atoms with Crippen molar-refractivity contribution in [2.24, 2.45) is 0 Å². The second kappa shape index (κ2) is 6.83. The maximum Gasteiger partial charge on any atom is 0.416 e.